The minimum Gasteiger partial charge on any atom is -0.355 e. The van der Waals surface area contributed by atoms with E-state index in [2.05, 4.69) is 86.8 Å². The average molecular weight is 301 g/mol. The van der Waals surface area contributed by atoms with E-state index in [1.807, 2.05) is 18.2 Å². The molecular formula is C22H23N. The van der Waals surface area contributed by atoms with Gasteiger partial charge in [-0.25, -0.2) is 0 Å². The molecule has 0 heterocycles. The van der Waals surface area contributed by atoms with Crippen LogP contribution < -0.4 is 5.32 Å². The highest BCUT2D eigenvalue weighted by Crippen LogP contribution is 2.34. The molecule has 0 atom stereocenters. The number of para-hydroxylation sites is 1. The predicted octanol–water partition coefficient (Wildman–Crippen LogP) is 6.39. The van der Waals surface area contributed by atoms with Crippen molar-refractivity contribution < 1.29 is 0 Å². The highest BCUT2D eigenvalue weighted by Gasteiger charge is 2.16. The summed E-state index contributed by atoms with van der Waals surface area (Å²) in [7, 11) is 0. The van der Waals surface area contributed by atoms with Gasteiger partial charge < -0.3 is 5.32 Å². The smallest absolute Gasteiger partial charge is 0.0464 e. The molecule has 0 bridgehead atoms. The van der Waals surface area contributed by atoms with Crippen LogP contribution in [0.5, 0.6) is 0 Å². The predicted molar refractivity (Wildman–Crippen MR) is 100 cm³/mol. The topological polar surface area (TPSA) is 12.0 Å². The average Bonchev–Trinajstić information content (AvgIpc) is 2.56. The van der Waals surface area contributed by atoms with E-state index in [0.717, 1.165) is 11.4 Å². The molecule has 0 aliphatic heterocycles. The van der Waals surface area contributed by atoms with Crippen LogP contribution in [0.2, 0.25) is 0 Å². The lowest BCUT2D eigenvalue weighted by atomic mass is 9.85. The largest absolute Gasteiger partial charge is 0.355 e. The van der Waals surface area contributed by atoms with Crippen molar-refractivity contribution in [3.8, 4) is 11.1 Å². The fourth-order valence-corrected chi connectivity index (χ4v) is 2.65. The molecule has 0 aliphatic carbocycles. The van der Waals surface area contributed by atoms with Gasteiger partial charge in [-0.3, -0.25) is 0 Å². The third-order valence-corrected chi connectivity index (χ3v) is 4.02. The number of anilines is 2. The molecule has 1 N–H and O–H groups in total. The fourth-order valence-electron chi connectivity index (χ4n) is 2.65. The highest BCUT2D eigenvalue weighted by molar-refractivity contribution is 5.81. The van der Waals surface area contributed by atoms with Crippen molar-refractivity contribution in [2.45, 2.75) is 26.2 Å². The summed E-state index contributed by atoms with van der Waals surface area (Å²) in [6.07, 6.45) is 0. The van der Waals surface area contributed by atoms with Crippen LogP contribution in [0.3, 0.4) is 0 Å². The lowest BCUT2D eigenvalue weighted by molar-refractivity contribution is 0.590. The molecule has 116 valence electrons. The Morgan fingerprint density at radius 1 is 0.696 bits per heavy atom. The van der Waals surface area contributed by atoms with Crippen LogP contribution in [-0.4, -0.2) is 0 Å². The Morgan fingerprint density at radius 2 is 1.30 bits per heavy atom. The summed E-state index contributed by atoms with van der Waals surface area (Å²) in [5.41, 5.74) is 6.19. The summed E-state index contributed by atoms with van der Waals surface area (Å²) < 4.78 is 0. The van der Waals surface area contributed by atoms with Crippen molar-refractivity contribution >= 4 is 11.4 Å². The standard InChI is InChI=1S/C22H23N/c1-22(2,3)18-14-15-21(23-19-12-8-5-9-13-19)20(16-18)17-10-6-4-7-11-17/h4-16,23H,1-3H3. The minimum absolute atomic E-state index is 0.134. The third-order valence-electron chi connectivity index (χ3n) is 4.02. The molecule has 3 aromatic carbocycles. The zero-order valence-electron chi connectivity index (χ0n) is 14.0. The normalized spacial score (nSPS) is 11.3. The maximum absolute atomic E-state index is 3.55. The number of hydrogen-bond donors (Lipinski definition) is 1. The Morgan fingerprint density at radius 3 is 1.91 bits per heavy atom. The zero-order valence-corrected chi connectivity index (χ0v) is 14.0. The molecule has 1 heteroatoms. The molecular weight excluding hydrogens is 278 g/mol. The molecule has 0 radical (unpaired) electrons. The second-order valence-corrected chi connectivity index (χ2v) is 6.87. The van der Waals surface area contributed by atoms with Gasteiger partial charge in [0.25, 0.3) is 0 Å². The van der Waals surface area contributed by atoms with Crippen LogP contribution in [0.4, 0.5) is 11.4 Å². The first-order valence-electron chi connectivity index (χ1n) is 8.06. The van der Waals surface area contributed by atoms with E-state index >= 15 is 0 Å². The van der Waals surface area contributed by atoms with E-state index in [-0.39, 0.29) is 5.41 Å². The summed E-state index contributed by atoms with van der Waals surface area (Å²) in [6.45, 7) is 6.75. The van der Waals surface area contributed by atoms with Crippen LogP contribution in [0.25, 0.3) is 11.1 Å². The summed E-state index contributed by atoms with van der Waals surface area (Å²) >= 11 is 0. The number of benzene rings is 3. The second-order valence-electron chi connectivity index (χ2n) is 6.87. The summed E-state index contributed by atoms with van der Waals surface area (Å²) in [4.78, 5) is 0. The quantitative estimate of drug-likeness (QED) is 0.590. The van der Waals surface area contributed by atoms with E-state index in [1.54, 1.807) is 0 Å². The van der Waals surface area contributed by atoms with Gasteiger partial charge in [0.1, 0.15) is 0 Å². The molecule has 0 unspecified atom stereocenters. The first-order chi connectivity index (χ1) is 11.0. The van der Waals surface area contributed by atoms with Gasteiger partial charge in [0, 0.05) is 16.9 Å². The first kappa shape index (κ1) is 15.4. The van der Waals surface area contributed by atoms with Crippen LogP contribution in [0.15, 0.2) is 78.9 Å². The fraction of sp³-hybridized carbons (Fsp3) is 0.182. The van der Waals surface area contributed by atoms with E-state index in [0.29, 0.717) is 0 Å². The van der Waals surface area contributed by atoms with Crippen molar-refractivity contribution in [2.24, 2.45) is 0 Å². The zero-order chi connectivity index (χ0) is 16.3. The van der Waals surface area contributed by atoms with Crippen LogP contribution >= 0.6 is 0 Å². The molecule has 23 heavy (non-hydrogen) atoms. The van der Waals surface area contributed by atoms with E-state index < -0.39 is 0 Å². The Labute approximate surface area is 139 Å². The summed E-state index contributed by atoms with van der Waals surface area (Å²) in [6, 6.07) is 27.6. The van der Waals surface area contributed by atoms with E-state index in [4.69, 9.17) is 0 Å². The van der Waals surface area contributed by atoms with Gasteiger partial charge >= 0.3 is 0 Å². The van der Waals surface area contributed by atoms with Gasteiger partial charge in [0.05, 0.1) is 0 Å². The van der Waals surface area contributed by atoms with Gasteiger partial charge in [0.15, 0.2) is 0 Å². The number of rotatable bonds is 3. The minimum atomic E-state index is 0.134. The summed E-state index contributed by atoms with van der Waals surface area (Å²) in [5, 5.41) is 3.55. The van der Waals surface area contributed by atoms with Gasteiger partial charge in [-0.2, -0.15) is 0 Å². The summed E-state index contributed by atoms with van der Waals surface area (Å²) in [5.74, 6) is 0. The lowest BCUT2D eigenvalue weighted by Crippen LogP contribution is -2.11. The first-order valence-corrected chi connectivity index (χ1v) is 8.06. The van der Waals surface area contributed by atoms with E-state index in [1.165, 1.54) is 16.7 Å². The van der Waals surface area contributed by atoms with Gasteiger partial charge in [-0.15, -0.1) is 0 Å². The van der Waals surface area contributed by atoms with Gasteiger partial charge in [-0.1, -0.05) is 75.4 Å². The lowest BCUT2D eigenvalue weighted by Gasteiger charge is -2.22. The Bertz CT molecular complexity index is 768. The van der Waals surface area contributed by atoms with Crippen molar-refractivity contribution in [3.63, 3.8) is 0 Å². The van der Waals surface area contributed by atoms with Crippen LogP contribution in [0, 0.1) is 0 Å². The molecule has 0 amide bonds. The van der Waals surface area contributed by atoms with Crippen LogP contribution in [-0.2, 0) is 5.41 Å². The SMILES string of the molecule is CC(C)(C)c1ccc(Nc2ccccc2)c(-c2ccccc2)c1. The number of nitrogens with one attached hydrogen (secondary N) is 1. The molecule has 3 rings (SSSR count). The molecule has 3 aromatic rings. The van der Waals surface area contributed by atoms with Crippen molar-refractivity contribution in [2.75, 3.05) is 5.32 Å². The third kappa shape index (κ3) is 3.62. The molecule has 0 saturated carbocycles. The van der Waals surface area contributed by atoms with Gasteiger partial charge in [-0.05, 0) is 40.8 Å². The second kappa shape index (κ2) is 6.29. The highest BCUT2D eigenvalue weighted by atomic mass is 14.9. The molecule has 1 nitrogen and oxygen atoms in total. The molecule has 0 saturated heterocycles. The molecule has 0 spiro atoms. The maximum atomic E-state index is 3.55. The molecule has 0 fully saturated rings. The van der Waals surface area contributed by atoms with Crippen molar-refractivity contribution in [3.05, 3.63) is 84.4 Å². The van der Waals surface area contributed by atoms with Crippen molar-refractivity contribution in [1.29, 1.82) is 0 Å². The van der Waals surface area contributed by atoms with E-state index in [9.17, 15) is 0 Å². The Balaban J connectivity index is 2.08. The monoisotopic (exact) mass is 301 g/mol. The molecule has 0 aromatic heterocycles. The number of hydrogen-bond acceptors (Lipinski definition) is 1. The van der Waals surface area contributed by atoms with Crippen molar-refractivity contribution in [1.82, 2.24) is 0 Å². The van der Waals surface area contributed by atoms with Crippen LogP contribution in [0.1, 0.15) is 26.3 Å². The maximum Gasteiger partial charge on any atom is 0.0464 e. The Hall–Kier alpha value is -2.54. The Kier molecular flexibility index (Phi) is 4.20. The van der Waals surface area contributed by atoms with Gasteiger partial charge in [0.2, 0.25) is 0 Å². The molecule has 0 aliphatic rings.